The normalized spacial score (nSPS) is 47.6. The summed E-state index contributed by atoms with van der Waals surface area (Å²) < 4.78 is 28.6. The predicted octanol–water partition coefficient (Wildman–Crippen LogP) is 0.148. The standard InChI is InChI=1S/C26H34O12/c1-11-15(30)8-9-23(5)17(11)20(36-14(4)29)26-21(37-22(32)25(26,7)38-26)18(31)24(6,33)10-16(34-12(2)27)19(23)35-13(3)28/h8-9,11,16-21,31,33H,10H2,1-7H3/t11-,16-,17+,18+,19-,20-,21-,23-,24+,25-,26+/m0/s1. The number of epoxide rings is 1. The maximum atomic E-state index is 13.0. The lowest BCUT2D eigenvalue weighted by Gasteiger charge is -2.52. The molecule has 2 aliphatic heterocycles. The fourth-order valence-corrected chi connectivity index (χ4v) is 6.73. The van der Waals surface area contributed by atoms with Gasteiger partial charge >= 0.3 is 23.9 Å². The summed E-state index contributed by atoms with van der Waals surface area (Å²) in [5.74, 6) is -5.32. The van der Waals surface area contributed by atoms with Crippen molar-refractivity contribution in [3.05, 3.63) is 12.2 Å². The zero-order valence-corrected chi connectivity index (χ0v) is 22.4. The molecule has 1 saturated carbocycles. The number of carbonyl (C=O) groups is 5. The smallest absolute Gasteiger partial charge is 0.342 e. The lowest BCUT2D eigenvalue weighted by Crippen LogP contribution is -2.66. The first-order valence-electron chi connectivity index (χ1n) is 12.5. The Bertz CT molecular complexity index is 1110. The van der Waals surface area contributed by atoms with Gasteiger partial charge in [-0.1, -0.05) is 19.9 Å². The van der Waals surface area contributed by atoms with Gasteiger partial charge in [0.1, 0.15) is 24.4 Å². The minimum absolute atomic E-state index is 0.333. The number of rotatable bonds is 3. The van der Waals surface area contributed by atoms with Gasteiger partial charge in [0.15, 0.2) is 23.1 Å². The number of aliphatic hydroxyl groups is 2. The molecule has 2 aliphatic carbocycles. The number of carbonyl (C=O) groups excluding carboxylic acids is 5. The Kier molecular flexibility index (Phi) is 6.57. The van der Waals surface area contributed by atoms with E-state index in [9.17, 15) is 34.2 Å². The molecule has 4 aliphatic rings. The third-order valence-electron chi connectivity index (χ3n) is 8.58. The number of hydrogen-bond donors (Lipinski definition) is 2. The number of fused-ring (bicyclic) bond motifs is 1. The fraction of sp³-hybridized carbons (Fsp3) is 0.731. The Hall–Kier alpha value is -2.83. The zero-order valence-electron chi connectivity index (χ0n) is 22.4. The van der Waals surface area contributed by atoms with Crippen molar-refractivity contribution >= 4 is 29.7 Å². The van der Waals surface area contributed by atoms with Crippen molar-refractivity contribution in [3.63, 3.8) is 0 Å². The Balaban J connectivity index is 2.04. The molecule has 2 saturated heterocycles. The van der Waals surface area contributed by atoms with Crippen LogP contribution >= 0.6 is 0 Å². The maximum Gasteiger partial charge on any atom is 0.342 e. The highest BCUT2D eigenvalue weighted by molar-refractivity contribution is 5.93. The first-order valence-corrected chi connectivity index (χ1v) is 12.5. The molecule has 12 heteroatoms. The minimum Gasteiger partial charge on any atom is -0.459 e. The van der Waals surface area contributed by atoms with E-state index in [1.807, 2.05) is 0 Å². The molecule has 11 atom stereocenters. The van der Waals surface area contributed by atoms with Gasteiger partial charge < -0.3 is 33.9 Å². The van der Waals surface area contributed by atoms with Crippen LogP contribution in [0.3, 0.4) is 0 Å². The van der Waals surface area contributed by atoms with Crippen molar-refractivity contribution in [2.45, 2.75) is 102 Å². The first-order chi connectivity index (χ1) is 17.4. The highest BCUT2D eigenvalue weighted by Crippen LogP contribution is 2.65. The summed E-state index contributed by atoms with van der Waals surface area (Å²) >= 11 is 0. The second-order valence-electron chi connectivity index (χ2n) is 11.4. The van der Waals surface area contributed by atoms with Gasteiger partial charge in [-0.15, -0.1) is 0 Å². The molecule has 0 bridgehead atoms. The van der Waals surface area contributed by atoms with Crippen molar-refractivity contribution in [1.29, 1.82) is 0 Å². The van der Waals surface area contributed by atoms with Crippen LogP contribution in [-0.2, 0) is 47.7 Å². The Morgan fingerprint density at radius 1 is 0.974 bits per heavy atom. The predicted molar refractivity (Wildman–Crippen MR) is 125 cm³/mol. The number of esters is 4. The van der Waals surface area contributed by atoms with E-state index in [0.29, 0.717) is 0 Å². The highest BCUT2D eigenvalue weighted by atomic mass is 16.7. The van der Waals surface area contributed by atoms with Crippen LogP contribution in [0.4, 0.5) is 0 Å². The molecular formula is C26H34O12. The molecule has 0 radical (unpaired) electrons. The summed E-state index contributed by atoms with van der Waals surface area (Å²) in [7, 11) is 0. The molecule has 0 aromatic rings. The summed E-state index contributed by atoms with van der Waals surface area (Å²) in [4.78, 5) is 63.0. The summed E-state index contributed by atoms with van der Waals surface area (Å²) in [6, 6.07) is 0. The molecule has 0 aromatic carbocycles. The van der Waals surface area contributed by atoms with Gasteiger partial charge in [0.2, 0.25) is 0 Å². The SMILES string of the molecule is CC(=O)O[C@H]1C[C@@](C)(O)[C@H](O)[C@@H]2OC(=O)[C@]3(C)O[C@]23[C@@H](OC(C)=O)[C@H]2[C@@H](C)C(=O)C=C[C@]2(C)[C@H]1OC(C)=O. The summed E-state index contributed by atoms with van der Waals surface area (Å²) in [5, 5.41) is 22.9. The van der Waals surface area contributed by atoms with E-state index < -0.39 is 94.9 Å². The monoisotopic (exact) mass is 538 g/mol. The third-order valence-corrected chi connectivity index (χ3v) is 8.58. The van der Waals surface area contributed by atoms with Crippen molar-refractivity contribution in [3.8, 4) is 0 Å². The van der Waals surface area contributed by atoms with E-state index in [1.165, 1.54) is 26.0 Å². The highest BCUT2D eigenvalue weighted by Gasteiger charge is 2.89. The van der Waals surface area contributed by atoms with E-state index in [0.717, 1.165) is 20.8 Å². The number of ketones is 1. The van der Waals surface area contributed by atoms with E-state index in [2.05, 4.69) is 0 Å². The summed E-state index contributed by atoms with van der Waals surface area (Å²) in [6.45, 7) is 9.35. The van der Waals surface area contributed by atoms with Gasteiger partial charge in [-0.25, -0.2) is 4.79 Å². The Labute approximate surface area is 219 Å². The van der Waals surface area contributed by atoms with E-state index in [1.54, 1.807) is 13.8 Å². The van der Waals surface area contributed by atoms with Gasteiger partial charge in [0, 0.05) is 44.4 Å². The largest absolute Gasteiger partial charge is 0.459 e. The number of ether oxygens (including phenoxy) is 5. The second kappa shape index (κ2) is 8.85. The maximum absolute atomic E-state index is 13.0. The number of hydrogen-bond acceptors (Lipinski definition) is 12. The van der Waals surface area contributed by atoms with Crippen LogP contribution in [0.25, 0.3) is 0 Å². The molecular weight excluding hydrogens is 504 g/mol. The fourth-order valence-electron chi connectivity index (χ4n) is 6.73. The zero-order chi connectivity index (χ0) is 28.6. The van der Waals surface area contributed by atoms with Crippen LogP contribution in [0.1, 0.15) is 54.9 Å². The first kappa shape index (κ1) is 28.2. The molecule has 0 amide bonds. The molecule has 12 nitrogen and oxygen atoms in total. The molecule has 1 spiro atoms. The van der Waals surface area contributed by atoms with Crippen molar-refractivity contribution < 1.29 is 57.9 Å². The second-order valence-corrected chi connectivity index (χ2v) is 11.4. The summed E-state index contributed by atoms with van der Waals surface area (Å²) in [5.41, 5.74) is -6.89. The van der Waals surface area contributed by atoms with Gasteiger partial charge in [-0.05, 0) is 19.9 Å². The molecule has 3 fully saturated rings. The topological polar surface area (TPSA) is 175 Å². The van der Waals surface area contributed by atoms with Crippen molar-refractivity contribution in [2.75, 3.05) is 0 Å². The number of allylic oxidation sites excluding steroid dienone is 1. The van der Waals surface area contributed by atoms with Crippen LogP contribution < -0.4 is 0 Å². The van der Waals surface area contributed by atoms with Gasteiger partial charge in [-0.2, -0.15) is 0 Å². The van der Waals surface area contributed by atoms with Gasteiger partial charge in [0.25, 0.3) is 0 Å². The van der Waals surface area contributed by atoms with Crippen LogP contribution in [-0.4, -0.2) is 87.2 Å². The molecule has 2 N–H and O–H groups in total. The van der Waals surface area contributed by atoms with E-state index in [-0.39, 0.29) is 5.78 Å². The van der Waals surface area contributed by atoms with Crippen molar-refractivity contribution in [1.82, 2.24) is 0 Å². The average molecular weight is 539 g/mol. The Morgan fingerprint density at radius 2 is 1.53 bits per heavy atom. The van der Waals surface area contributed by atoms with Crippen LogP contribution in [0, 0.1) is 17.3 Å². The summed E-state index contributed by atoms with van der Waals surface area (Å²) in [6.07, 6.45) is -5.00. The van der Waals surface area contributed by atoms with Crippen LogP contribution in [0.15, 0.2) is 12.2 Å². The molecule has 0 aromatic heterocycles. The number of aliphatic hydroxyl groups excluding tert-OH is 1. The quantitative estimate of drug-likeness (QED) is 0.283. The lowest BCUT2D eigenvalue weighted by molar-refractivity contribution is -0.223. The van der Waals surface area contributed by atoms with Crippen LogP contribution in [0.2, 0.25) is 0 Å². The third kappa shape index (κ3) is 3.95. The lowest BCUT2D eigenvalue weighted by atomic mass is 9.56. The van der Waals surface area contributed by atoms with E-state index in [4.69, 9.17) is 23.7 Å². The minimum atomic E-state index is -2.09. The molecule has 0 unspecified atom stereocenters. The molecule has 4 rings (SSSR count). The van der Waals surface area contributed by atoms with E-state index >= 15 is 0 Å². The van der Waals surface area contributed by atoms with Crippen molar-refractivity contribution in [2.24, 2.45) is 17.3 Å². The van der Waals surface area contributed by atoms with Gasteiger partial charge in [-0.3, -0.25) is 19.2 Å². The average Bonchev–Trinajstić information content (AvgIpc) is 3.36. The molecule has 38 heavy (non-hydrogen) atoms. The molecule has 210 valence electrons. The Morgan fingerprint density at radius 3 is 2.05 bits per heavy atom. The van der Waals surface area contributed by atoms with Crippen LogP contribution in [0.5, 0.6) is 0 Å². The molecule has 2 heterocycles. The van der Waals surface area contributed by atoms with Gasteiger partial charge in [0.05, 0.1) is 5.60 Å².